The number of ether oxygens (including phenoxy) is 2. The molecule has 1 fully saturated rings. The molecular formula is C41H63N8O12P2+. The van der Waals surface area contributed by atoms with E-state index in [2.05, 4.69) is 27.2 Å². The zero-order valence-corrected chi connectivity index (χ0v) is 38.0. The van der Waals surface area contributed by atoms with Crippen LogP contribution in [-0.2, 0) is 25.4 Å². The van der Waals surface area contributed by atoms with E-state index in [1.807, 2.05) is 0 Å². The summed E-state index contributed by atoms with van der Waals surface area (Å²) >= 11 is 0. The number of hydrogen-bond donors (Lipinski definition) is 5. The van der Waals surface area contributed by atoms with E-state index in [0.717, 1.165) is 25.7 Å². The Morgan fingerprint density at radius 1 is 1.02 bits per heavy atom. The summed E-state index contributed by atoms with van der Waals surface area (Å²) in [7, 11) is -1.50. The van der Waals surface area contributed by atoms with Crippen LogP contribution in [0.15, 0.2) is 54.1 Å². The average molecular weight is 922 g/mol. The lowest BCUT2D eigenvalue weighted by Crippen LogP contribution is -2.34. The van der Waals surface area contributed by atoms with Gasteiger partial charge in [0.15, 0.2) is 0 Å². The minimum Gasteiger partial charge on any atom is -0.441 e. The van der Waals surface area contributed by atoms with Gasteiger partial charge in [-0.1, -0.05) is 122 Å². The number of benzene rings is 1. The summed E-state index contributed by atoms with van der Waals surface area (Å²) in [5.41, 5.74) is -0.532. The monoisotopic (exact) mass is 921 g/mol. The Hall–Kier alpha value is -4.13. The number of nitro benzene ring substituents is 1. The molecule has 1 saturated heterocycles. The topological polar surface area (TPSA) is 251 Å². The lowest BCUT2D eigenvalue weighted by molar-refractivity contribution is -0.646. The van der Waals surface area contributed by atoms with E-state index in [1.54, 1.807) is 25.2 Å². The molecule has 0 aliphatic carbocycles. The Labute approximate surface area is 369 Å². The number of anilines is 1. The Morgan fingerprint density at radius 3 is 2.27 bits per heavy atom. The number of aryl methyl sites for hydroxylation is 1. The van der Waals surface area contributed by atoms with Gasteiger partial charge < -0.3 is 33.7 Å². The van der Waals surface area contributed by atoms with Crippen LogP contribution >= 0.6 is 17.6 Å². The molecule has 4 aromatic rings. The van der Waals surface area contributed by atoms with Crippen molar-refractivity contribution in [2.24, 2.45) is 7.05 Å². The SMILES string of the molecule is CCCCCCCCCCCCCCCCCCCC(OC(=O)Nc1nc2c(c(=O)[nH]1)[n+](C)cn2C1OC(COP(O)OPOn2ccnc2)C(O)C1O)c1ccccc1[N+](=O)[O-]. The first-order chi connectivity index (χ1) is 30.6. The number of hydrogen-bond acceptors (Lipinski definition) is 14. The third kappa shape index (κ3) is 15.5. The first-order valence-corrected chi connectivity index (χ1v) is 23.9. The smallest absolute Gasteiger partial charge is 0.414 e. The van der Waals surface area contributed by atoms with Crippen molar-refractivity contribution in [1.82, 2.24) is 24.2 Å². The minimum atomic E-state index is -2.43. The van der Waals surface area contributed by atoms with E-state index >= 15 is 0 Å². The molecule has 4 heterocycles. The van der Waals surface area contributed by atoms with E-state index in [-0.39, 0.29) is 35.0 Å². The number of nitrogens with one attached hydrogen (secondary N) is 2. The van der Waals surface area contributed by atoms with Crippen molar-refractivity contribution in [3.8, 4) is 0 Å². The number of imidazole rings is 2. The highest BCUT2D eigenvalue weighted by atomic mass is 31.2. The lowest BCUT2D eigenvalue weighted by atomic mass is 10.00. The van der Waals surface area contributed by atoms with Crippen LogP contribution in [0.3, 0.4) is 0 Å². The number of carbonyl (C=O) groups is 1. The molecule has 348 valence electrons. The van der Waals surface area contributed by atoms with Gasteiger partial charge in [-0.15, -0.1) is 0 Å². The maximum absolute atomic E-state index is 13.4. The number of unbranched alkanes of at least 4 members (excludes halogenated alkanes) is 16. The first kappa shape index (κ1) is 49.9. The lowest BCUT2D eigenvalue weighted by Gasteiger charge is -2.18. The zero-order valence-electron chi connectivity index (χ0n) is 36.1. The molecule has 1 aliphatic heterocycles. The van der Waals surface area contributed by atoms with Gasteiger partial charge in [0.1, 0.15) is 30.7 Å². The molecule has 5 N–H and O–H groups in total. The summed E-state index contributed by atoms with van der Waals surface area (Å²) in [6.45, 7) is 1.88. The van der Waals surface area contributed by atoms with Crippen LogP contribution in [-0.4, -0.2) is 75.3 Å². The van der Waals surface area contributed by atoms with Crippen LogP contribution in [0, 0.1) is 10.1 Å². The maximum Gasteiger partial charge on any atom is 0.414 e. The number of carbonyl (C=O) groups excluding carboxylic acids is 1. The predicted molar refractivity (Wildman–Crippen MR) is 235 cm³/mol. The molecule has 22 heteroatoms. The molecule has 0 saturated carbocycles. The number of nitro groups is 1. The van der Waals surface area contributed by atoms with Crippen molar-refractivity contribution in [2.45, 2.75) is 153 Å². The second-order valence-electron chi connectivity index (χ2n) is 15.8. The van der Waals surface area contributed by atoms with Crippen molar-refractivity contribution in [3.05, 3.63) is 75.3 Å². The summed E-state index contributed by atoms with van der Waals surface area (Å²) in [4.78, 5) is 59.1. The molecule has 7 unspecified atom stereocenters. The average Bonchev–Trinajstić information content (AvgIpc) is 3.98. The molecule has 20 nitrogen and oxygen atoms in total. The molecule has 0 spiro atoms. The van der Waals surface area contributed by atoms with E-state index < -0.39 is 64.9 Å². The van der Waals surface area contributed by atoms with Crippen molar-refractivity contribution in [1.29, 1.82) is 0 Å². The highest BCUT2D eigenvalue weighted by Crippen LogP contribution is 2.42. The normalized spacial score (nSPS) is 18.6. The number of fused-ring (bicyclic) bond motifs is 1. The van der Waals surface area contributed by atoms with Gasteiger partial charge in [0.2, 0.25) is 18.5 Å². The molecular weight excluding hydrogens is 858 g/mol. The van der Waals surface area contributed by atoms with Crippen LogP contribution in [0.5, 0.6) is 0 Å². The minimum absolute atomic E-state index is 0.0151. The summed E-state index contributed by atoms with van der Waals surface area (Å²) in [5.74, 6) is -0.300. The van der Waals surface area contributed by atoms with E-state index in [0.29, 0.717) is 12.8 Å². The van der Waals surface area contributed by atoms with Crippen molar-refractivity contribution >= 4 is 46.5 Å². The highest BCUT2D eigenvalue weighted by molar-refractivity contribution is 7.49. The van der Waals surface area contributed by atoms with E-state index in [9.17, 15) is 34.8 Å². The number of H-pyrrole nitrogens is 1. The van der Waals surface area contributed by atoms with Crippen LogP contribution in [0.25, 0.3) is 11.2 Å². The second-order valence-corrected chi connectivity index (χ2v) is 17.6. The van der Waals surface area contributed by atoms with Gasteiger partial charge in [0.25, 0.3) is 25.9 Å². The van der Waals surface area contributed by atoms with Gasteiger partial charge in [-0.2, -0.15) is 14.3 Å². The molecule has 1 aliphatic rings. The summed E-state index contributed by atoms with van der Waals surface area (Å²) in [6, 6.07) is 6.13. The Bertz CT molecular complexity index is 2040. The Kier molecular flexibility index (Phi) is 21.1. The number of aliphatic hydroxyl groups is 2. The fourth-order valence-electron chi connectivity index (χ4n) is 7.66. The highest BCUT2D eigenvalue weighted by Gasteiger charge is 2.48. The summed E-state index contributed by atoms with van der Waals surface area (Å²) in [6.07, 6.45) is 19.4. The van der Waals surface area contributed by atoms with Crippen molar-refractivity contribution < 1.29 is 52.3 Å². The standard InChI is InChI=1S/C41H62N8O12P2/c1-3-4-5-6-7-8-9-10-11-12-13-14-15-16-17-18-19-24-32(30-22-20-21-23-31(30)49(54)55)59-41(53)45-40-43-37-34(38(52)44-40)46(2)29-48(37)39-36(51)35(50)33(58-39)27-57-63(56)61-62-60-47-26-25-42-28-47/h20-23,25-26,28-29,32-33,35-36,39,50-51,56,62H,3-19,24,27H2,1-2H3,(H-,43,44,45,52,53)/p+1. The largest absolute Gasteiger partial charge is 0.441 e. The molecule has 0 radical (unpaired) electrons. The number of rotatable bonds is 30. The van der Waals surface area contributed by atoms with Crippen LogP contribution < -0.4 is 20.1 Å². The predicted octanol–water partition coefficient (Wildman–Crippen LogP) is 7.49. The van der Waals surface area contributed by atoms with Gasteiger partial charge in [-0.25, -0.2) is 14.3 Å². The van der Waals surface area contributed by atoms with Gasteiger partial charge >= 0.3 is 20.3 Å². The first-order valence-electron chi connectivity index (χ1n) is 22.0. The summed E-state index contributed by atoms with van der Waals surface area (Å²) in [5, 5.41) is 36.2. The van der Waals surface area contributed by atoms with Crippen LogP contribution in [0.2, 0.25) is 0 Å². The van der Waals surface area contributed by atoms with Gasteiger partial charge in [0.05, 0.1) is 30.3 Å². The van der Waals surface area contributed by atoms with Gasteiger partial charge in [-0.05, 0) is 18.9 Å². The molecule has 1 amide bonds. The van der Waals surface area contributed by atoms with Gasteiger partial charge in [-0.3, -0.25) is 29.5 Å². The number of para-hydroxylation sites is 1. The molecule has 1 aromatic carbocycles. The van der Waals surface area contributed by atoms with Crippen LogP contribution in [0.4, 0.5) is 16.4 Å². The molecule has 7 atom stereocenters. The Balaban J connectivity index is 1.12. The third-order valence-corrected chi connectivity index (χ3v) is 12.6. The second kappa shape index (κ2) is 26.6. The zero-order chi connectivity index (χ0) is 45.0. The molecule has 5 rings (SSSR count). The number of aliphatic hydroxyl groups excluding tert-OH is 2. The molecule has 3 aromatic heterocycles. The number of amides is 1. The number of aromatic nitrogens is 6. The number of nitrogens with zero attached hydrogens (tertiary/aromatic N) is 6. The van der Waals surface area contributed by atoms with E-state index in [1.165, 1.54) is 122 Å². The Morgan fingerprint density at radius 2 is 1.65 bits per heavy atom. The fourth-order valence-corrected chi connectivity index (χ4v) is 8.73. The van der Waals surface area contributed by atoms with Crippen molar-refractivity contribution in [2.75, 3.05) is 11.9 Å². The molecule has 0 bridgehead atoms. The van der Waals surface area contributed by atoms with Gasteiger partial charge in [0, 0.05) is 12.3 Å². The van der Waals surface area contributed by atoms with E-state index in [4.69, 9.17) is 22.9 Å². The molecule has 63 heavy (non-hydrogen) atoms. The van der Waals surface area contributed by atoms with Crippen LogP contribution in [0.1, 0.15) is 140 Å². The third-order valence-electron chi connectivity index (χ3n) is 11.0. The quantitative estimate of drug-likeness (QED) is 0.0112. The number of aromatic amines is 1. The van der Waals surface area contributed by atoms with Crippen molar-refractivity contribution in [3.63, 3.8) is 0 Å². The maximum atomic E-state index is 13.4. The fraction of sp³-hybridized carbons (Fsp3) is 0.634. The summed E-state index contributed by atoms with van der Waals surface area (Å²) < 4.78 is 31.4.